The Labute approximate surface area is 664 Å². The summed E-state index contributed by atoms with van der Waals surface area (Å²) in [6, 6.07) is -10.4. The summed E-state index contributed by atoms with van der Waals surface area (Å²) < 4.78 is 36.2. The zero-order valence-corrected chi connectivity index (χ0v) is 66.2. The topological polar surface area (TPSA) is 684 Å². The highest BCUT2D eigenvalue weighted by atomic mass is 16.7. The summed E-state index contributed by atoms with van der Waals surface area (Å²) in [5, 5.41) is 145. The van der Waals surface area contributed by atoms with Crippen molar-refractivity contribution >= 4 is 76.9 Å². The summed E-state index contributed by atoms with van der Waals surface area (Å²) >= 11 is 0. The molecular formula is C72H119N13O30. The molecule has 4 rings (SSSR count). The van der Waals surface area contributed by atoms with Crippen molar-refractivity contribution in [2.75, 3.05) is 32.9 Å². The zero-order valence-electron chi connectivity index (χ0n) is 66.2. The molecule has 0 radical (unpaired) electrons. The number of amides is 11. The number of rotatable bonds is 46. The van der Waals surface area contributed by atoms with Crippen molar-refractivity contribution in [1.82, 2.24) is 58.5 Å². The highest BCUT2D eigenvalue weighted by molar-refractivity contribution is 5.98. The number of hydrogen-bond donors (Lipinski definition) is 24. The lowest BCUT2D eigenvalue weighted by Crippen LogP contribution is -2.69. The molecule has 652 valence electrons. The van der Waals surface area contributed by atoms with E-state index in [0.29, 0.717) is 24.8 Å². The van der Waals surface area contributed by atoms with Crippen LogP contribution in [0.15, 0.2) is 30.3 Å². The van der Waals surface area contributed by atoms with Gasteiger partial charge in [-0.15, -0.1) is 0 Å². The molecule has 0 bridgehead atoms. The monoisotopic (exact) mass is 1650 g/mol. The Bertz CT molecular complexity index is 3370. The third kappa shape index (κ3) is 30.3. The summed E-state index contributed by atoms with van der Waals surface area (Å²) in [6.07, 6.45) is -30.3. The lowest BCUT2D eigenvalue weighted by atomic mass is 9.94. The Morgan fingerprint density at radius 1 is 0.539 bits per heavy atom. The molecule has 27 atom stereocenters. The molecule has 1 aromatic rings. The van der Waals surface area contributed by atoms with Gasteiger partial charge in [0.2, 0.25) is 65.0 Å². The number of carbonyl (C=O) groups excluding carboxylic acids is 11. The van der Waals surface area contributed by atoms with Crippen molar-refractivity contribution in [3.05, 3.63) is 35.9 Å². The van der Waals surface area contributed by atoms with Crippen LogP contribution in [-0.4, -0.2) is 325 Å². The van der Waals surface area contributed by atoms with Crippen molar-refractivity contribution in [3.8, 4) is 0 Å². The van der Waals surface area contributed by atoms with Gasteiger partial charge in [0.1, 0.15) is 121 Å². The minimum absolute atomic E-state index is 0.0114. The molecule has 0 aliphatic carbocycles. The lowest BCUT2D eigenvalue weighted by molar-refractivity contribution is -0.352. The van der Waals surface area contributed by atoms with Crippen LogP contribution in [0.4, 0.5) is 0 Å². The van der Waals surface area contributed by atoms with E-state index in [0.717, 1.165) is 34.6 Å². The van der Waals surface area contributed by atoms with Crippen LogP contribution < -0.4 is 70.0 Å². The van der Waals surface area contributed by atoms with Crippen LogP contribution in [0, 0.1) is 17.8 Å². The molecule has 11 amide bonds. The summed E-state index contributed by atoms with van der Waals surface area (Å²) in [6.45, 7) is 11.9. The number of benzene rings is 1. The minimum Gasteiger partial charge on any atom is -0.481 e. The van der Waals surface area contributed by atoms with Gasteiger partial charge < -0.3 is 155 Å². The Kier molecular flexibility index (Phi) is 41.1. The van der Waals surface area contributed by atoms with Crippen molar-refractivity contribution in [1.29, 1.82) is 0 Å². The van der Waals surface area contributed by atoms with Crippen LogP contribution in [0.1, 0.15) is 127 Å². The number of nitrogens with one attached hydrogen (secondary N) is 11. The number of aliphatic hydroxyl groups excluding tert-OH is 9. The van der Waals surface area contributed by atoms with Crippen LogP contribution in [-0.2, 0) is 97.2 Å². The molecule has 1 aromatic carbocycles. The van der Waals surface area contributed by atoms with Gasteiger partial charge in [-0.25, -0.2) is 4.79 Å². The maximum atomic E-state index is 15.5. The van der Waals surface area contributed by atoms with Gasteiger partial charge in [0.15, 0.2) is 18.9 Å². The minimum atomic E-state index is -2.28. The quantitative estimate of drug-likeness (QED) is 0.0270. The first kappa shape index (κ1) is 99.0. The fourth-order valence-electron chi connectivity index (χ4n) is 12.5. The molecular weight excluding hydrogens is 1530 g/mol. The maximum Gasteiger partial charge on any atom is 0.326 e. The molecule has 0 saturated carbocycles. The van der Waals surface area contributed by atoms with E-state index in [1.54, 1.807) is 59.7 Å². The first-order valence-electron chi connectivity index (χ1n) is 38.1. The molecule has 43 heteroatoms. The number of hydrogen-bond acceptors (Lipinski definition) is 30. The first-order valence-corrected chi connectivity index (χ1v) is 38.1. The van der Waals surface area contributed by atoms with E-state index in [2.05, 4.69) is 58.5 Å². The van der Waals surface area contributed by atoms with Crippen molar-refractivity contribution in [2.45, 2.75) is 286 Å². The average Bonchev–Trinajstić information content (AvgIpc) is 0.770. The summed E-state index contributed by atoms with van der Waals surface area (Å²) in [5.74, 6) is -15.6. The Hall–Kier alpha value is -8.35. The largest absolute Gasteiger partial charge is 0.481 e. The summed E-state index contributed by atoms with van der Waals surface area (Å²) in [7, 11) is 0. The molecule has 3 heterocycles. The fraction of sp³-hybridized carbons (Fsp3) is 0.736. The second kappa shape index (κ2) is 47.8. The highest BCUT2D eigenvalue weighted by Gasteiger charge is 2.54. The van der Waals surface area contributed by atoms with Crippen LogP contribution >= 0.6 is 0 Å². The number of carboxylic acid groups (broad SMARTS) is 2. The molecule has 3 saturated heterocycles. The van der Waals surface area contributed by atoms with Gasteiger partial charge in [-0.2, -0.15) is 0 Å². The first-order chi connectivity index (χ1) is 54.0. The predicted octanol–water partition coefficient (Wildman–Crippen LogP) is -9.08. The number of carboxylic acids is 2. The van der Waals surface area contributed by atoms with E-state index in [1.165, 1.54) is 12.1 Å². The standard InChI is InChI=1S/C72H119N13O30/c1-12-32(6)49(83-65(104)48(74)31(4)5)66(105)84-50(34(8)88)67(106)76-33(7)61(100)82-42(25-38-18-14-13-15-19-38)64(103)85-51(68(107)80-39(21-22-47(92)93)62(101)75-26-46(91)79-41(24-30(2)3)63(102)81-40(69(108)109)20-16-17-23-73)35(9)111-71-53(78-37(11)90)60(115-72-59(99)58(98)55(95)44(28-87)113-72)56(96)45(114-71)29-110-70-52(77-36(10)89)57(97)54(94)43(27-86)112-70/h13-15,18-19,30-35,39-45,48-60,70-72,86-88,94-99H,12,16-17,20-29,73-74H2,1-11H3,(H,75,101)(H,76,106)(H,77,89)(H,78,90)(H,79,91)(H,80,107)(H,81,102)(H,82,100)(H,83,104)(H,84,105)(H,85,103)(H,92,93)(H,108,109)/t32-,33-,34+,35+,39-,40-,41-,42-,43+,44+,45+,48-,49-,50-,51-,52+,53+,54+,55-,56-,57+,58-,59+,60+,70+,71-,72-/m0/s1. The lowest BCUT2D eigenvalue weighted by Gasteiger charge is -2.48. The molecule has 26 N–H and O–H groups in total. The van der Waals surface area contributed by atoms with E-state index >= 15 is 9.59 Å². The average molecular weight is 1650 g/mol. The number of aliphatic hydroxyl groups is 9. The molecule has 0 aromatic heterocycles. The van der Waals surface area contributed by atoms with Crippen molar-refractivity contribution < 1.29 is 147 Å². The maximum absolute atomic E-state index is 15.5. The van der Waals surface area contributed by atoms with Gasteiger partial charge in [-0.05, 0) is 82.7 Å². The van der Waals surface area contributed by atoms with Crippen LogP contribution in [0.2, 0.25) is 0 Å². The van der Waals surface area contributed by atoms with E-state index in [9.17, 15) is 109 Å². The van der Waals surface area contributed by atoms with Crippen LogP contribution in [0.3, 0.4) is 0 Å². The van der Waals surface area contributed by atoms with Gasteiger partial charge in [-0.3, -0.25) is 57.5 Å². The van der Waals surface area contributed by atoms with Gasteiger partial charge in [-0.1, -0.05) is 78.3 Å². The molecule has 115 heavy (non-hydrogen) atoms. The highest BCUT2D eigenvalue weighted by Crippen LogP contribution is 2.33. The van der Waals surface area contributed by atoms with Gasteiger partial charge in [0.05, 0.1) is 44.6 Å². The number of unbranched alkanes of at least 4 members (excludes halogenated alkanes) is 1. The third-order valence-electron chi connectivity index (χ3n) is 19.4. The van der Waals surface area contributed by atoms with E-state index in [1.807, 2.05) is 0 Å². The molecule has 0 spiro atoms. The molecule has 3 fully saturated rings. The molecule has 43 nitrogen and oxygen atoms in total. The molecule has 3 aliphatic rings. The summed E-state index contributed by atoms with van der Waals surface area (Å²) in [5.41, 5.74) is 12.0. The molecule has 3 aliphatic heterocycles. The number of carbonyl (C=O) groups is 13. The number of ether oxygens (including phenoxy) is 6. The van der Waals surface area contributed by atoms with Gasteiger partial charge >= 0.3 is 11.9 Å². The second-order valence-electron chi connectivity index (χ2n) is 29.6. The van der Waals surface area contributed by atoms with Gasteiger partial charge in [0, 0.05) is 26.7 Å². The predicted molar refractivity (Wildman–Crippen MR) is 398 cm³/mol. The van der Waals surface area contributed by atoms with Crippen molar-refractivity contribution in [2.24, 2.45) is 29.2 Å². The Morgan fingerprint density at radius 2 is 1.08 bits per heavy atom. The number of aliphatic carboxylic acids is 2. The third-order valence-corrected chi connectivity index (χ3v) is 19.4. The summed E-state index contributed by atoms with van der Waals surface area (Å²) in [4.78, 5) is 178. The number of nitrogens with two attached hydrogens (primary N) is 2. The van der Waals surface area contributed by atoms with E-state index < -0.39 is 287 Å². The zero-order chi connectivity index (χ0) is 86.6. The Balaban J connectivity index is 1.89. The van der Waals surface area contributed by atoms with Gasteiger partial charge in [0.25, 0.3) is 0 Å². The normalized spacial score (nSPS) is 26.6. The smallest absolute Gasteiger partial charge is 0.326 e. The van der Waals surface area contributed by atoms with Crippen molar-refractivity contribution in [3.63, 3.8) is 0 Å². The fourth-order valence-corrected chi connectivity index (χ4v) is 12.5. The van der Waals surface area contributed by atoms with E-state index in [4.69, 9.17) is 39.9 Å². The Morgan fingerprint density at radius 3 is 1.63 bits per heavy atom. The second-order valence-corrected chi connectivity index (χ2v) is 29.6. The van der Waals surface area contributed by atoms with E-state index in [-0.39, 0.29) is 31.2 Å². The SMILES string of the molecule is CC[C@H](C)[C@H](NC(=O)[C@@H](N)C(C)C)C(=O)N[C@H](C(=O)N[C@@H](C)C(=O)N[C@@H](Cc1ccccc1)C(=O)N[C@H](C(=O)N[C@@H](CCC(=O)O)C(=O)NCC(=O)N[C@@H](CC(C)C)C(=O)N[C@@H](CCCCN)C(=O)O)[C@@H](C)O[C@H]1O[C@H](CO[C@@H]2O[C@H](CO)[C@@H](O)[C@H](O)[C@H]2NC(C)=O)[C@H](O)[C@H](O[C@@H]2O[C@H](CO)[C@H](O)[C@H](O)[C@H]2O)[C@H]1NC(C)=O)[C@@H](C)O. The van der Waals surface area contributed by atoms with Crippen LogP contribution in [0.25, 0.3) is 0 Å². The molecule has 0 unspecified atom stereocenters. The van der Waals surface area contributed by atoms with Crippen LogP contribution in [0.5, 0.6) is 0 Å².